The molecule has 0 atom stereocenters. The number of benzene rings is 2. The first kappa shape index (κ1) is 23.5. The molecule has 0 unspecified atom stereocenters. The highest BCUT2D eigenvalue weighted by Crippen LogP contribution is 2.25. The van der Waals surface area contributed by atoms with Gasteiger partial charge in [0.15, 0.2) is 0 Å². The van der Waals surface area contributed by atoms with E-state index in [0.717, 1.165) is 48.4 Å². The van der Waals surface area contributed by atoms with Crippen LogP contribution in [0, 0.1) is 11.6 Å². The zero-order valence-corrected chi connectivity index (χ0v) is 19.1. The van der Waals surface area contributed by atoms with Crippen molar-refractivity contribution in [3.63, 3.8) is 0 Å². The van der Waals surface area contributed by atoms with Crippen molar-refractivity contribution < 1.29 is 22.8 Å². The Morgan fingerprint density at radius 2 is 1.69 bits per heavy atom. The molecule has 2 aromatic carbocycles. The van der Waals surface area contributed by atoms with Crippen LogP contribution >= 0.6 is 0 Å². The largest absolute Gasteiger partial charge is 0.449 e. The third-order valence-corrected chi connectivity index (χ3v) is 6.27. The Labute approximate surface area is 202 Å². The number of halogens is 2. The van der Waals surface area contributed by atoms with Crippen LogP contribution in [0.25, 0.3) is 22.1 Å². The van der Waals surface area contributed by atoms with Gasteiger partial charge in [-0.1, -0.05) is 25.0 Å². The molecule has 186 valence electrons. The van der Waals surface area contributed by atoms with Crippen molar-refractivity contribution in [2.24, 2.45) is 0 Å². The number of carbonyl (C=O) groups is 2. The molecule has 1 saturated carbocycles. The minimum absolute atomic E-state index is 0.0164. The SMILES string of the molecule is O=C(Cn1c(=O)n(CC(=O)NC2CCCC2)c(=O)c2oc3ccccc3c21)Nc1cc(F)ccc1F. The fraction of sp³-hybridized carbons (Fsp3) is 0.280. The van der Waals surface area contributed by atoms with Crippen molar-refractivity contribution >= 4 is 39.6 Å². The van der Waals surface area contributed by atoms with E-state index in [4.69, 9.17) is 4.42 Å². The van der Waals surface area contributed by atoms with Gasteiger partial charge in [0, 0.05) is 17.5 Å². The van der Waals surface area contributed by atoms with Crippen molar-refractivity contribution in [1.29, 1.82) is 0 Å². The molecule has 0 aliphatic heterocycles. The Bertz CT molecular complexity index is 1610. The second-order valence-electron chi connectivity index (χ2n) is 8.76. The maximum Gasteiger partial charge on any atom is 0.332 e. The zero-order chi connectivity index (χ0) is 25.4. The summed E-state index contributed by atoms with van der Waals surface area (Å²) in [5.74, 6) is -2.96. The normalized spacial score (nSPS) is 13.9. The third-order valence-electron chi connectivity index (χ3n) is 6.27. The summed E-state index contributed by atoms with van der Waals surface area (Å²) in [7, 11) is 0. The molecular formula is C25H22F2N4O5. The Hall–Kier alpha value is -4.28. The van der Waals surface area contributed by atoms with Gasteiger partial charge >= 0.3 is 5.69 Å². The second kappa shape index (κ2) is 9.40. The number of nitrogens with one attached hydrogen (secondary N) is 2. The molecule has 2 amide bonds. The van der Waals surface area contributed by atoms with Crippen molar-refractivity contribution in [1.82, 2.24) is 14.5 Å². The molecule has 0 radical (unpaired) electrons. The third kappa shape index (κ3) is 4.39. The first-order valence-electron chi connectivity index (χ1n) is 11.5. The van der Waals surface area contributed by atoms with E-state index in [2.05, 4.69) is 10.6 Å². The average Bonchev–Trinajstić information content (AvgIpc) is 3.50. The van der Waals surface area contributed by atoms with E-state index < -0.39 is 53.5 Å². The van der Waals surface area contributed by atoms with E-state index in [1.54, 1.807) is 24.3 Å². The van der Waals surface area contributed by atoms with Crippen LogP contribution in [0.3, 0.4) is 0 Å². The monoisotopic (exact) mass is 496 g/mol. The van der Waals surface area contributed by atoms with Crippen LogP contribution in [0.5, 0.6) is 0 Å². The van der Waals surface area contributed by atoms with Crippen LogP contribution < -0.4 is 21.9 Å². The van der Waals surface area contributed by atoms with Crippen LogP contribution in [0.4, 0.5) is 14.5 Å². The number of hydrogen-bond donors (Lipinski definition) is 2. The number of aromatic nitrogens is 2. The average molecular weight is 496 g/mol. The van der Waals surface area contributed by atoms with Crippen molar-refractivity contribution in [3.8, 4) is 0 Å². The molecule has 1 aliphatic rings. The molecular weight excluding hydrogens is 474 g/mol. The molecule has 36 heavy (non-hydrogen) atoms. The summed E-state index contributed by atoms with van der Waals surface area (Å²) in [5, 5.41) is 5.48. The second-order valence-corrected chi connectivity index (χ2v) is 8.76. The van der Waals surface area contributed by atoms with Gasteiger partial charge < -0.3 is 15.1 Å². The maximum absolute atomic E-state index is 14.0. The lowest BCUT2D eigenvalue weighted by atomic mass is 10.2. The van der Waals surface area contributed by atoms with Crippen LogP contribution in [0.1, 0.15) is 25.7 Å². The Morgan fingerprint density at radius 3 is 2.47 bits per heavy atom. The Balaban J connectivity index is 1.56. The van der Waals surface area contributed by atoms with Crippen molar-refractivity contribution in [2.75, 3.05) is 5.32 Å². The number of para-hydroxylation sites is 1. The van der Waals surface area contributed by atoms with Crippen molar-refractivity contribution in [3.05, 3.63) is 74.9 Å². The molecule has 1 fully saturated rings. The number of furan rings is 1. The highest BCUT2D eigenvalue weighted by atomic mass is 19.1. The molecule has 2 N–H and O–H groups in total. The van der Waals surface area contributed by atoms with Crippen LogP contribution in [-0.4, -0.2) is 27.0 Å². The maximum atomic E-state index is 14.0. The Kier molecular flexibility index (Phi) is 6.13. The molecule has 9 nitrogen and oxygen atoms in total. The summed E-state index contributed by atoms with van der Waals surface area (Å²) < 4.78 is 35.0. The summed E-state index contributed by atoms with van der Waals surface area (Å²) >= 11 is 0. The summed E-state index contributed by atoms with van der Waals surface area (Å²) in [6, 6.07) is 9.14. The van der Waals surface area contributed by atoms with E-state index in [1.165, 1.54) is 0 Å². The number of hydrogen-bond acceptors (Lipinski definition) is 5. The molecule has 2 aromatic heterocycles. The van der Waals surface area contributed by atoms with Gasteiger partial charge in [-0.2, -0.15) is 0 Å². The number of rotatable bonds is 6. The number of anilines is 1. The van der Waals surface area contributed by atoms with Crippen LogP contribution in [-0.2, 0) is 22.7 Å². The number of nitrogens with zero attached hydrogens (tertiary/aromatic N) is 2. The molecule has 1 aliphatic carbocycles. The van der Waals surface area contributed by atoms with Crippen LogP contribution in [0.15, 0.2) is 56.5 Å². The summed E-state index contributed by atoms with van der Waals surface area (Å²) in [6.45, 7) is -1.19. The number of fused-ring (bicyclic) bond motifs is 3. The summed E-state index contributed by atoms with van der Waals surface area (Å²) in [6.07, 6.45) is 3.63. The fourth-order valence-electron chi connectivity index (χ4n) is 4.60. The van der Waals surface area contributed by atoms with Gasteiger partial charge in [-0.15, -0.1) is 0 Å². The molecule has 0 saturated heterocycles. The van der Waals surface area contributed by atoms with Gasteiger partial charge in [0.1, 0.15) is 35.8 Å². The minimum atomic E-state index is -0.907. The Morgan fingerprint density at radius 1 is 0.972 bits per heavy atom. The zero-order valence-electron chi connectivity index (χ0n) is 19.1. The van der Waals surface area contributed by atoms with E-state index in [-0.39, 0.29) is 17.1 Å². The number of amides is 2. The predicted octanol–water partition coefficient (Wildman–Crippen LogP) is 2.89. The predicted molar refractivity (Wildman–Crippen MR) is 128 cm³/mol. The van der Waals surface area contributed by atoms with E-state index in [9.17, 15) is 28.0 Å². The highest BCUT2D eigenvalue weighted by molar-refractivity contribution is 6.03. The summed E-state index contributed by atoms with van der Waals surface area (Å²) in [4.78, 5) is 52.0. The first-order chi connectivity index (χ1) is 17.3. The molecule has 0 spiro atoms. The van der Waals surface area contributed by atoms with E-state index in [1.807, 2.05) is 0 Å². The van der Waals surface area contributed by atoms with Crippen molar-refractivity contribution in [2.45, 2.75) is 44.8 Å². The van der Waals surface area contributed by atoms with Gasteiger partial charge in [-0.05, 0) is 37.1 Å². The molecule has 5 rings (SSSR count). The standard InChI is InChI=1S/C25H22F2N4O5/c26-14-9-10-17(27)18(11-14)29-21(33)12-30-22-16-7-3-4-8-19(16)36-23(22)24(34)31(25(30)35)13-20(32)28-15-5-1-2-6-15/h3-4,7-11,15H,1-2,5-6,12-13H2,(H,28,32)(H,29,33). The number of carbonyl (C=O) groups excluding carboxylic acids is 2. The molecule has 2 heterocycles. The summed E-state index contributed by atoms with van der Waals surface area (Å²) in [5.41, 5.74) is -1.93. The molecule has 0 bridgehead atoms. The van der Waals surface area contributed by atoms with Gasteiger partial charge in [-0.3, -0.25) is 19.0 Å². The quantitative estimate of drug-likeness (QED) is 0.426. The smallest absolute Gasteiger partial charge is 0.332 e. The highest BCUT2D eigenvalue weighted by Gasteiger charge is 2.24. The fourth-order valence-corrected chi connectivity index (χ4v) is 4.60. The molecule has 11 heteroatoms. The van der Waals surface area contributed by atoms with Gasteiger partial charge in [0.2, 0.25) is 17.4 Å². The first-order valence-corrected chi connectivity index (χ1v) is 11.5. The minimum Gasteiger partial charge on any atom is -0.449 e. The molecule has 4 aromatic rings. The van der Waals surface area contributed by atoms with E-state index >= 15 is 0 Å². The van der Waals surface area contributed by atoms with Gasteiger partial charge in [-0.25, -0.2) is 18.1 Å². The lowest BCUT2D eigenvalue weighted by Crippen LogP contribution is -2.46. The van der Waals surface area contributed by atoms with Crippen LogP contribution in [0.2, 0.25) is 0 Å². The lowest BCUT2D eigenvalue weighted by molar-refractivity contribution is -0.122. The topological polar surface area (TPSA) is 115 Å². The lowest BCUT2D eigenvalue weighted by Gasteiger charge is -2.14. The van der Waals surface area contributed by atoms with Gasteiger partial charge in [0.05, 0.1) is 5.69 Å². The van der Waals surface area contributed by atoms with E-state index in [0.29, 0.717) is 15.5 Å². The van der Waals surface area contributed by atoms with Gasteiger partial charge in [0.25, 0.3) is 5.56 Å².